The molecule has 2 aromatic rings. The molecule has 20 heavy (non-hydrogen) atoms. The zero-order valence-electron chi connectivity index (χ0n) is 11.1. The van der Waals surface area contributed by atoms with Crippen molar-refractivity contribution in [2.24, 2.45) is 0 Å². The van der Waals surface area contributed by atoms with E-state index in [9.17, 15) is 4.79 Å². The number of nitrogens with two attached hydrogens (primary N) is 1. The number of hydrogen-bond donors (Lipinski definition) is 2. The molecule has 0 aromatic carbocycles. The maximum Gasteiger partial charge on any atom is 0.226 e. The van der Waals surface area contributed by atoms with E-state index in [1.807, 2.05) is 0 Å². The van der Waals surface area contributed by atoms with Crippen molar-refractivity contribution in [2.45, 2.75) is 31.7 Å². The number of thiophene rings is 1. The molecule has 104 valence electrons. The Kier molecular flexibility index (Phi) is 3.69. The summed E-state index contributed by atoms with van der Waals surface area (Å²) < 4.78 is 0. The fourth-order valence-electron chi connectivity index (χ4n) is 2.59. The molecule has 3 N–H and O–H groups in total. The monoisotopic (exact) mass is 287 g/mol. The van der Waals surface area contributed by atoms with Gasteiger partial charge in [0.25, 0.3) is 0 Å². The third-order valence-corrected chi connectivity index (χ3v) is 4.57. The Labute approximate surface area is 122 Å². The molecule has 0 aliphatic heterocycles. The first kappa shape index (κ1) is 13.1. The molecule has 2 heterocycles. The van der Waals surface area contributed by atoms with Gasteiger partial charge in [-0.3, -0.25) is 9.78 Å². The topological polar surface area (TPSA) is 68.0 Å². The Morgan fingerprint density at radius 1 is 1.45 bits per heavy atom. The maximum atomic E-state index is 12.1. The summed E-state index contributed by atoms with van der Waals surface area (Å²) in [7, 11) is 0. The summed E-state index contributed by atoms with van der Waals surface area (Å²) in [5, 5.41) is 5.23. The lowest BCUT2D eigenvalue weighted by atomic mass is 9.94. The van der Waals surface area contributed by atoms with E-state index >= 15 is 0 Å². The normalized spacial score (nSPS) is 17.5. The summed E-state index contributed by atoms with van der Waals surface area (Å²) in [4.78, 5) is 17.7. The standard InChI is InChI=1S/C15H17N3OS/c16-10-4-5-11(17-9-10)8-15(19)18-13-2-1-3-14-12(13)6-7-20-14/h4-7,9,13H,1-3,8,16H2,(H,18,19). The van der Waals surface area contributed by atoms with E-state index in [-0.39, 0.29) is 11.9 Å². The number of nitrogens with zero attached hydrogens (tertiary/aromatic N) is 1. The highest BCUT2D eigenvalue weighted by atomic mass is 32.1. The number of pyridine rings is 1. The van der Waals surface area contributed by atoms with E-state index in [1.54, 1.807) is 29.7 Å². The third-order valence-electron chi connectivity index (χ3n) is 3.58. The van der Waals surface area contributed by atoms with Gasteiger partial charge in [-0.25, -0.2) is 0 Å². The van der Waals surface area contributed by atoms with Crippen molar-refractivity contribution in [1.29, 1.82) is 0 Å². The van der Waals surface area contributed by atoms with Crippen LogP contribution in [0.25, 0.3) is 0 Å². The van der Waals surface area contributed by atoms with Gasteiger partial charge >= 0.3 is 0 Å². The third kappa shape index (κ3) is 2.82. The number of aryl methyl sites for hydroxylation is 1. The van der Waals surface area contributed by atoms with E-state index in [4.69, 9.17) is 5.73 Å². The average Bonchev–Trinajstić information content (AvgIpc) is 2.91. The lowest BCUT2D eigenvalue weighted by molar-refractivity contribution is -0.121. The molecule has 0 spiro atoms. The molecule has 2 aromatic heterocycles. The van der Waals surface area contributed by atoms with Crippen molar-refractivity contribution >= 4 is 22.9 Å². The second kappa shape index (κ2) is 5.63. The van der Waals surface area contributed by atoms with Crippen LogP contribution in [-0.2, 0) is 17.6 Å². The Balaban J connectivity index is 1.64. The number of anilines is 1. The number of hydrogen-bond acceptors (Lipinski definition) is 4. The molecule has 1 aliphatic rings. The lowest BCUT2D eigenvalue weighted by Crippen LogP contribution is -2.31. The average molecular weight is 287 g/mol. The molecule has 0 radical (unpaired) electrons. The fourth-order valence-corrected chi connectivity index (χ4v) is 3.57. The molecule has 5 heteroatoms. The van der Waals surface area contributed by atoms with Crippen LogP contribution in [0.1, 0.15) is 35.0 Å². The van der Waals surface area contributed by atoms with Crippen LogP contribution in [0.3, 0.4) is 0 Å². The van der Waals surface area contributed by atoms with Crippen LogP contribution in [0, 0.1) is 0 Å². The van der Waals surface area contributed by atoms with Crippen LogP contribution in [0.2, 0.25) is 0 Å². The van der Waals surface area contributed by atoms with Crippen molar-refractivity contribution in [3.63, 3.8) is 0 Å². The molecular formula is C15H17N3OS. The number of amides is 1. The van der Waals surface area contributed by atoms with Gasteiger partial charge in [0.1, 0.15) is 0 Å². The van der Waals surface area contributed by atoms with Crippen LogP contribution in [0.15, 0.2) is 29.8 Å². The zero-order valence-corrected chi connectivity index (χ0v) is 12.0. The Morgan fingerprint density at radius 2 is 2.35 bits per heavy atom. The van der Waals surface area contributed by atoms with E-state index in [0.717, 1.165) is 25.0 Å². The van der Waals surface area contributed by atoms with Crippen LogP contribution >= 0.6 is 11.3 Å². The van der Waals surface area contributed by atoms with Crippen molar-refractivity contribution in [3.8, 4) is 0 Å². The number of nitrogens with one attached hydrogen (secondary N) is 1. The predicted octanol–water partition coefficient (Wildman–Crippen LogP) is 2.46. The number of rotatable bonds is 3. The summed E-state index contributed by atoms with van der Waals surface area (Å²) in [5.74, 6) is 0.0197. The minimum Gasteiger partial charge on any atom is -0.397 e. The van der Waals surface area contributed by atoms with Gasteiger partial charge in [-0.2, -0.15) is 0 Å². The number of nitrogen functional groups attached to an aromatic ring is 1. The molecule has 4 nitrogen and oxygen atoms in total. The van der Waals surface area contributed by atoms with E-state index in [1.165, 1.54) is 10.4 Å². The van der Waals surface area contributed by atoms with Gasteiger partial charge in [0, 0.05) is 10.6 Å². The smallest absolute Gasteiger partial charge is 0.226 e. The van der Waals surface area contributed by atoms with Crippen molar-refractivity contribution in [2.75, 3.05) is 5.73 Å². The molecule has 0 bridgehead atoms. The second-order valence-corrected chi connectivity index (χ2v) is 6.07. The van der Waals surface area contributed by atoms with Gasteiger partial charge in [-0.1, -0.05) is 0 Å². The lowest BCUT2D eigenvalue weighted by Gasteiger charge is -2.23. The van der Waals surface area contributed by atoms with Gasteiger partial charge < -0.3 is 11.1 Å². The summed E-state index contributed by atoms with van der Waals surface area (Å²) in [6, 6.07) is 5.86. The molecule has 3 rings (SSSR count). The van der Waals surface area contributed by atoms with Crippen molar-refractivity contribution < 1.29 is 4.79 Å². The minimum absolute atomic E-state index is 0.0197. The van der Waals surface area contributed by atoms with Gasteiger partial charge in [-0.15, -0.1) is 11.3 Å². The molecule has 0 fully saturated rings. The Morgan fingerprint density at radius 3 is 3.15 bits per heavy atom. The Hall–Kier alpha value is -1.88. The summed E-state index contributed by atoms with van der Waals surface area (Å²) in [6.45, 7) is 0. The Bertz CT molecular complexity index is 606. The van der Waals surface area contributed by atoms with Gasteiger partial charge in [-0.05, 0) is 48.4 Å². The SMILES string of the molecule is Nc1ccc(CC(=O)NC2CCCc3sccc32)nc1. The molecule has 1 amide bonds. The first-order valence-electron chi connectivity index (χ1n) is 6.78. The molecule has 1 unspecified atom stereocenters. The van der Waals surface area contributed by atoms with Crippen LogP contribution < -0.4 is 11.1 Å². The summed E-state index contributed by atoms with van der Waals surface area (Å²) in [6.07, 6.45) is 5.18. The first-order valence-corrected chi connectivity index (χ1v) is 7.66. The van der Waals surface area contributed by atoms with Gasteiger partial charge in [0.05, 0.1) is 24.3 Å². The summed E-state index contributed by atoms with van der Waals surface area (Å²) >= 11 is 1.78. The van der Waals surface area contributed by atoms with Gasteiger partial charge in [0.15, 0.2) is 0 Å². The van der Waals surface area contributed by atoms with Crippen LogP contribution in [0.5, 0.6) is 0 Å². The first-order chi connectivity index (χ1) is 9.72. The van der Waals surface area contributed by atoms with Crippen LogP contribution in [0.4, 0.5) is 5.69 Å². The largest absolute Gasteiger partial charge is 0.397 e. The highest BCUT2D eigenvalue weighted by molar-refractivity contribution is 7.10. The molecule has 0 saturated heterocycles. The number of aromatic nitrogens is 1. The van der Waals surface area contributed by atoms with E-state index in [0.29, 0.717) is 12.1 Å². The second-order valence-electron chi connectivity index (χ2n) is 5.07. The highest BCUT2D eigenvalue weighted by Gasteiger charge is 2.22. The predicted molar refractivity (Wildman–Crippen MR) is 80.5 cm³/mol. The molecule has 1 atom stereocenters. The molecular weight excluding hydrogens is 270 g/mol. The van der Waals surface area contributed by atoms with Crippen LogP contribution in [-0.4, -0.2) is 10.9 Å². The number of carbonyl (C=O) groups excluding carboxylic acids is 1. The van der Waals surface area contributed by atoms with E-state index < -0.39 is 0 Å². The fraction of sp³-hybridized carbons (Fsp3) is 0.333. The summed E-state index contributed by atoms with van der Waals surface area (Å²) in [5.41, 5.74) is 8.24. The van der Waals surface area contributed by atoms with Crippen molar-refractivity contribution in [1.82, 2.24) is 10.3 Å². The van der Waals surface area contributed by atoms with Crippen molar-refractivity contribution in [3.05, 3.63) is 45.9 Å². The highest BCUT2D eigenvalue weighted by Crippen LogP contribution is 2.33. The molecule has 1 aliphatic carbocycles. The quantitative estimate of drug-likeness (QED) is 0.911. The minimum atomic E-state index is 0.0197. The molecule has 0 saturated carbocycles. The van der Waals surface area contributed by atoms with Gasteiger partial charge in [0.2, 0.25) is 5.91 Å². The van der Waals surface area contributed by atoms with E-state index in [2.05, 4.69) is 21.7 Å². The maximum absolute atomic E-state index is 12.1. The number of fused-ring (bicyclic) bond motifs is 1. The zero-order chi connectivity index (χ0) is 13.9. The number of carbonyl (C=O) groups is 1.